The Kier molecular flexibility index (Phi) is 5.67. The maximum atomic E-state index is 13.0. The molecule has 0 amide bonds. The number of carbonyl (C=O) groups excluding carboxylic acids is 1. The van der Waals surface area contributed by atoms with Gasteiger partial charge in [-0.3, -0.25) is 4.98 Å². The molecule has 0 unspecified atom stereocenters. The number of para-hydroxylation sites is 1. The summed E-state index contributed by atoms with van der Waals surface area (Å²) in [5, 5.41) is 0.849. The van der Waals surface area contributed by atoms with Crippen molar-refractivity contribution >= 4 is 42.8 Å². The molecule has 0 radical (unpaired) electrons. The molecule has 0 saturated carbocycles. The van der Waals surface area contributed by atoms with E-state index in [4.69, 9.17) is 4.74 Å². The molecule has 0 bridgehead atoms. The van der Waals surface area contributed by atoms with Crippen molar-refractivity contribution in [3.8, 4) is 5.75 Å². The number of carbonyl (C=O) groups is 1. The highest BCUT2D eigenvalue weighted by Gasteiger charge is 2.29. The quantitative estimate of drug-likeness (QED) is 0.413. The van der Waals surface area contributed by atoms with Gasteiger partial charge in [-0.2, -0.15) is 4.31 Å². The SMILES string of the molecule is O=C(Oc1cccc2cccnc12)c1ccc(Br)c(S(=O)(=O)N2CCCCC2)c1. The van der Waals surface area contributed by atoms with Crippen molar-refractivity contribution in [2.75, 3.05) is 13.1 Å². The molecule has 1 saturated heterocycles. The van der Waals surface area contributed by atoms with E-state index in [0.29, 0.717) is 28.8 Å². The summed E-state index contributed by atoms with van der Waals surface area (Å²) in [7, 11) is -3.69. The Bertz CT molecular complexity index is 1170. The normalized spacial score (nSPS) is 15.3. The Morgan fingerprint density at radius 1 is 1.03 bits per heavy atom. The average Bonchev–Trinajstić information content (AvgIpc) is 2.75. The van der Waals surface area contributed by atoms with Crippen molar-refractivity contribution in [1.29, 1.82) is 0 Å². The van der Waals surface area contributed by atoms with Crippen LogP contribution in [0.3, 0.4) is 0 Å². The summed E-state index contributed by atoms with van der Waals surface area (Å²) in [6.07, 6.45) is 4.33. The number of piperidine rings is 1. The molecule has 2 heterocycles. The first-order chi connectivity index (χ1) is 14.0. The molecule has 6 nitrogen and oxygen atoms in total. The number of pyridine rings is 1. The van der Waals surface area contributed by atoms with Gasteiger partial charge in [0.15, 0.2) is 5.75 Å². The first kappa shape index (κ1) is 20.0. The van der Waals surface area contributed by atoms with Crippen LogP contribution in [0.2, 0.25) is 0 Å². The lowest BCUT2D eigenvalue weighted by Gasteiger charge is -2.26. The van der Waals surface area contributed by atoms with Crippen LogP contribution in [-0.4, -0.2) is 36.8 Å². The van der Waals surface area contributed by atoms with E-state index in [2.05, 4.69) is 20.9 Å². The molecule has 0 N–H and O–H groups in total. The van der Waals surface area contributed by atoms with E-state index in [1.807, 2.05) is 12.1 Å². The van der Waals surface area contributed by atoms with Crippen molar-refractivity contribution in [2.45, 2.75) is 24.2 Å². The highest BCUT2D eigenvalue weighted by Crippen LogP contribution is 2.29. The van der Waals surface area contributed by atoms with E-state index >= 15 is 0 Å². The Labute approximate surface area is 177 Å². The van der Waals surface area contributed by atoms with Gasteiger partial charge >= 0.3 is 5.97 Å². The highest BCUT2D eigenvalue weighted by atomic mass is 79.9. The van der Waals surface area contributed by atoms with Gasteiger partial charge in [0.2, 0.25) is 10.0 Å². The fourth-order valence-corrected chi connectivity index (χ4v) is 5.86. The van der Waals surface area contributed by atoms with Crippen LogP contribution in [0.1, 0.15) is 29.6 Å². The molecule has 0 spiro atoms. The predicted molar refractivity (Wildman–Crippen MR) is 113 cm³/mol. The third kappa shape index (κ3) is 4.05. The zero-order chi connectivity index (χ0) is 20.4. The molecule has 8 heteroatoms. The minimum absolute atomic E-state index is 0.0740. The maximum Gasteiger partial charge on any atom is 0.343 e. The van der Waals surface area contributed by atoms with Crippen molar-refractivity contribution < 1.29 is 17.9 Å². The second-order valence-electron chi connectivity index (χ2n) is 6.83. The number of fused-ring (bicyclic) bond motifs is 1. The van der Waals surface area contributed by atoms with E-state index in [-0.39, 0.29) is 10.5 Å². The van der Waals surface area contributed by atoms with Gasteiger partial charge in [0.25, 0.3) is 0 Å². The lowest BCUT2D eigenvalue weighted by atomic mass is 10.2. The molecule has 1 aliphatic rings. The number of hydrogen-bond donors (Lipinski definition) is 0. The van der Waals surface area contributed by atoms with E-state index in [1.165, 1.54) is 10.4 Å². The monoisotopic (exact) mass is 474 g/mol. The van der Waals surface area contributed by atoms with Crippen LogP contribution in [0, 0.1) is 0 Å². The molecule has 3 aromatic rings. The second-order valence-corrected chi connectivity index (χ2v) is 9.59. The number of rotatable bonds is 4. The molecule has 0 atom stereocenters. The van der Waals surface area contributed by atoms with Gasteiger partial charge in [-0.25, -0.2) is 13.2 Å². The summed E-state index contributed by atoms with van der Waals surface area (Å²) in [4.78, 5) is 17.1. The number of nitrogens with zero attached hydrogens (tertiary/aromatic N) is 2. The van der Waals surface area contributed by atoms with Gasteiger partial charge in [-0.1, -0.05) is 24.6 Å². The van der Waals surface area contributed by atoms with Gasteiger partial charge in [-0.05, 0) is 59.1 Å². The summed E-state index contributed by atoms with van der Waals surface area (Å²) < 4.78 is 33.5. The molecule has 2 aromatic carbocycles. The predicted octanol–water partition coefficient (Wildman–Crippen LogP) is 4.39. The lowest BCUT2D eigenvalue weighted by Crippen LogP contribution is -2.35. The Morgan fingerprint density at radius 3 is 2.59 bits per heavy atom. The topological polar surface area (TPSA) is 76.6 Å². The maximum absolute atomic E-state index is 13.0. The Hall–Kier alpha value is -2.29. The lowest BCUT2D eigenvalue weighted by molar-refractivity contribution is 0.0736. The van der Waals surface area contributed by atoms with Gasteiger partial charge in [0.1, 0.15) is 5.52 Å². The summed E-state index contributed by atoms with van der Waals surface area (Å²) in [5.74, 6) is -0.304. The van der Waals surface area contributed by atoms with E-state index < -0.39 is 16.0 Å². The number of ether oxygens (including phenoxy) is 1. The van der Waals surface area contributed by atoms with Crippen LogP contribution in [0.5, 0.6) is 5.75 Å². The zero-order valence-corrected chi connectivity index (χ0v) is 17.9. The molecule has 29 heavy (non-hydrogen) atoms. The minimum Gasteiger partial charge on any atom is -0.421 e. The van der Waals surface area contributed by atoms with Gasteiger partial charge in [0, 0.05) is 29.1 Å². The van der Waals surface area contributed by atoms with E-state index in [1.54, 1.807) is 36.5 Å². The number of hydrogen-bond acceptors (Lipinski definition) is 5. The molecule has 0 aliphatic carbocycles. The van der Waals surface area contributed by atoms with Crippen LogP contribution in [0.15, 0.2) is 64.1 Å². The third-order valence-corrected chi connectivity index (χ3v) is 7.79. The Morgan fingerprint density at radius 2 is 1.79 bits per heavy atom. The van der Waals surface area contributed by atoms with Crippen molar-refractivity contribution in [3.63, 3.8) is 0 Å². The molecule has 4 rings (SSSR count). The molecular weight excluding hydrogens is 456 g/mol. The summed E-state index contributed by atoms with van der Waals surface area (Å²) in [6.45, 7) is 0.982. The van der Waals surface area contributed by atoms with Crippen molar-refractivity contribution in [2.24, 2.45) is 0 Å². The van der Waals surface area contributed by atoms with Gasteiger partial charge in [0.05, 0.1) is 10.5 Å². The van der Waals surface area contributed by atoms with E-state index in [9.17, 15) is 13.2 Å². The standard InChI is InChI=1S/C21H19BrN2O4S/c22-17-10-9-16(14-19(17)29(26,27)24-12-2-1-3-13-24)21(25)28-18-8-4-6-15-7-5-11-23-20(15)18/h4-11,14H,1-3,12-13H2. The molecular formula is C21H19BrN2O4S. The number of esters is 1. The highest BCUT2D eigenvalue weighted by molar-refractivity contribution is 9.10. The van der Waals surface area contributed by atoms with Crippen LogP contribution in [0.4, 0.5) is 0 Å². The molecule has 150 valence electrons. The van der Waals surface area contributed by atoms with Gasteiger partial charge in [-0.15, -0.1) is 0 Å². The first-order valence-electron chi connectivity index (χ1n) is 9.32. The average molecular weight is 475 g/mol. The number of sulfonamides is 1. The largest absolute Gasteiger partial charge is 0.421 e. The molecule has 1 fully saturated rings. The summed E-state index contributed by atoms with van der Waals surface area (Å²) >= 11 is 3.31. The van der Waals surface area contributed by atoms with E-state index in [0.717, 1.165) is 24.6 Å². The first-order valence-corrected chi connectivity index (χ1v) is 11.6. The number of aromatic nitrogens is 1. The van der Waals surface area contributed by atoms with Crippen LogP contribution >= 0.6 is 15.9 Å². The second kappa shape index (κ2) is 8.22. The third-order valence-electron chi connectivity index (χ3n) is 4.90. The summed E-state index contributed by atoms with van der Waals surface area (Å²) in [5.41, 5.74) is 0.735. The van der Waals surface area contributed by atoms with Crippen LogP contribution in [-0.2, 0) is 10.0 Å². The fourth-order valence-electron chi connectivity index (χ4n) is 3.39. The smallest absolute Gasteiger partial charge is 0.343 e. The van der Waals surface area contributed by atoms with Crippen molar-refractivity contribution in [3.05, 3.63) is 64.8 Å². The van der Waals surface area contributed by atoms with Crippen LogP contribution < -0.4 is 4.74 Å². The molecule has 1 aromatic heterocycles. The molecule has 1 aliphatic heterocycles. The van der Waals surface area contributed by atoms with Crippen LogP contribution in [0.25, 0.3) is 10.9 Å². The number of benzene rings is 2. The summed E-state index contributed by atoms with van der Waals surface area (Å²) in [6, 6.07) is 13.5. The Balaban J connectivity index is 1.65. The number of halogens is 1. The van der Waals surface area contributed by atoms with Crippen molar-refractivity contribution in [1.82, 2.24) is 9.29 Å². The van der Waals surface area contributed by atoms with Gasteiger partial charge < -0.3 is 4.74 Å². The zero-order valence-electron chi connectivity index (χ0n) is 15.5. The minimum atomic E-state index is -3.69. The fraction of sp³-hybridized carbons (Fsp3) is 0.238.